The minimum absolute atomic E-state index is 0.0316. The SMILES string of the molecule is Cn1cnnc1CCNC(=O)C1CCCCN1C(=O)C1CC1. The van der Waals surface area contributed by atoms with E-state index in [-0.39, 0.29) is 23.8 Å². The van der Waals surface area contributed by atoms with E-state index in [2.05, 4.69) is 15.5 Å². The molecule has 1 atom stereocenters. The van der Waals surface area contributed by atoms with Gasteiger partial charge in [0.25, 0.3) is 0 Å². The predicted octanol–water partition coefficient (Wildman–Crippen LogP) is 0.265. The number of hydrogen-bond donors (Lipinski definition) is 1. The zero-order chi connectivity index (χ0) is 15.5. The Morgan fingerprint density at radius 1 is 1.32 bits per heavy atom. The lowest BCUT2D eigenvalue weighted by atomic mass is 10.0. The van der Waals surface area contributed by atoms with Crippen LogP contribution in [0.5, 0.6) is 0 Å². The van der Waals surface area contributed by atoms with Gasteiger partial charge in [0.1, 0.15) is 18.2 Å². The summed E-state index contributed by atoms with van der Waals surface area (Å²) in [5.41, 5.74) is 0. The van der Waals surface area contributed by atoms with E-state index in [9.17, 15) is 9.59 Å². The van der Waals surface area contributed by atoms with Crippen molar-refractivity contribution in [1.29, 1.82) is 0 Å². The number of hydrogen-bond acceptors (Lipinski definition) is 4. The largest absolute Gasteiger partial charge is 0.354 e. The van der Waals surface area contributed by atoms with Gasteiger partial charge in [0.15, 0.2) is 0 Å². The highest BCUT2D eigenvalue weighted by Gasteiger charge is 2.39. The second-order valence-electron chi connectivity index (χ2n) is 6.22. The van der Waals surface area contributed by atoms with Crippen molar-refractivity contribution in [3.8, 4) is 0 Å². The molecule has 2 fully saturated rings. The summed E-state index contributed by atoms with van der Waals surface area (Å²) >= 11 is 0. The molecule has 1 N–H and O–H groups in total. The molecule has 0 aromatic carbocycles. The Morgan fingerprint density at radius 2 is 2.14 bits per heavy atom. The molecule has 1 aromatic rings. The second-order valence-corrected chi connectivity index (χ2v) is 6.22. The number of nitrogens with one attached hydrogen (secondary N) is 1. The summed E-state index contributed by atoms with van der Waals surface area (Å²) in [5, 5.41) is 10.8. The average Bonchev–Trinajstić information content (AvgIpc) is 3.30. The number of nitrogens with zero attached hydrogens (tertiary/aromatic N) is 4. The summed E-state index contributed by atoms with van der Waals surface area (Å²) in [6.07, 6.45) is 7.04. The summed E-state index contributed by atoms with van der Waals surface area (Å²) < 4.78 is 1.84. The number of likely N-dealkylation sites (tertiary alicyclic amines) is 1. The number of carbonyl (C=O) groups excluding carboxylic acids is 2. The van der Waals surface area contributed by atoms with Gasteiger partial charge in [-0.25, -0.2) is 0 Å². The van der Waals surface area contributed by atoms with E-state index >= 15 is 0 Å². The van der Waals surface area contributed by atoms with Crippen LogP contribution < -0.4 is 5.32 Å². The molecular weight excluding hydrogens is 282 g/mol. The van der Waals surface area contributed by atoms with Crippen molar-refractivity contribution in [2.45, 2.75) is 44.6 Å². The maximum Gasteiger partial charge on any atom is 0.242 e. The molecule has 2 amide bonds. The normalized spacial score (nSPS) is 21.7. The molecule has 3 rings (SSSR count). The van der Waals surface area contributed by atoms with Gasteiger partial charge >= 0.3 is 0 Å². The number of aromatic nitrogens is 3. The fraction of sp³-hybridized carbons (Fsp3) is 0.733. The third kappa shape index (κ3) is 3.28. The van der Waals surface area contributed by atoms with Gasteiger partial charge in [-0.2, -0.15) is 0 Å². The van der Waals surface area contributed by atoms with Crippen molar-refractivity contribution < 1.29 is 9.59 Å². The first-order chi connectivity index (χ1) is 10.7. The molecule has 0 radical (unpaired) electrons. The monoisotopic (exact) mass is 305 g/mol. The van der Waals surface area contributed by atoms with Crippen LogP contribution in [0, 0.1) is 5.92 Å². The number of piperidine rings is 1. The summed E-state index contributed by atoms with van der Waals surface area (Å²) in [4.78, 5) is 26.5. The first kappa shape index (κ1) is 15.0. The lowest BCUT2D eigenvalue weighted by molar-refractivity contribution is -0.143. The molecule has 7 heteroatoms. The van der Waals surface area contributed by atoms with Crippen LogP contribution in [0.4, 0.5) is 0 Å². The fourth-order valence-corrected chi connectivity index (χ4v) is 2.98. The molecule has 1 saturated carbocycles. The van der Waals surface area contributed by atoms with Crippen molar-refractivity contribution >= 4 is 11.8 Å². The summed E-state index contributed by atoms with van der Waals surface area (Å²) in [6, 6.07) is -0.290. The van der Waals surface area contributed by atoms with Crippen molar-refractivity contribution in [3.05, 3.63) is 12.2 Å². The summed E-state index contributed by atoms with van der Waals surface area (Å²) in [6.45, 7) is 1.24. The van der Waals surface area contributed by atoms with Crippen LogP contribution in [0.3, 0.4) is 0 Å². The number of amides is 2. The molecule has 1 aromatic heterocycles. The van der Waals surface area contributed by atoms with Crippen LogP contribution in [-0.4, -0.2) is 50.6 Å². The van der Waals surface area contributed by atoms with Crippen molar-refractivity contribution in [1.82, 2.24) is 25.0 Å². The van der Waals surface area contributed by atoms with Crippen molar-refractivity contribution in [2.24, 2.45) is 13.0 Å². The highest BCUT2D eigenvalue weighted by atomic mass is 16.2. The number of aryl methyl sites for hydroxylation is 1. The Hall–Kier alpha value is -1.92. The van der Waals surface area contributed by atoms with Gasteiger partial charge in [0, 0.05) is 32.5 Å². The smallest absolute Gasteiger partial charge is 0.242 e. The first-order valence-electron chi connectivity index (χ1n) is 8.08. The van der Waals surface area contributed by atoms with E-state index in [1.165, 1.54) is 0 Å². The fourth-order valence-electron chi connectivity index (χ4n) is 2.98. The van der Waals surface area contributed by atoms with Gasteiger partial charge in [0.2, 0.25) is 11.8 Å². The molecule has 0 bridgehead atoms. The van der Waals surface area contributed by atoms with Gasteiger partial charge in [-0.15, -0.1) is 10.2 Å². The van der Waals surface area contributed by atoms with Gasteiger partial charge in [0.05, 0.1) is 0 Å². The Kier molecular flexibility index (Phi) is 4.40. The van der Waals surface area contributed by atoms with E-state index in [4.69, 9.17) is 0 Å². The maximum atomic E-state index is 12.4. The van der Waals surface area contributed by atoms with Crippen LogP contribution in [0.15, 0.2) is 6.33 Å². The number of carbonyl (C=O) groups is 2. The van der Waals surface area contributed by atoms with E-state index in [0.717, 1.165) is 44.5 Å². The highest BCUT2D eigenvalue weighted by molar-refractivity contribution is 5.89. The second kappa shape index (κ2) is 6.46. The number of rotatable bonds is 5. The van der Waals surface area contributed by atoms with Crippen LogP contribution in [-0.2, 0) is 23.1 Å². The van der Waals surface area contributed by atoms with E-state index in [1.54, 1.807) is 11.2 Å². The first-order valence-corrected chi connectivity index (χ1v) is 8.08. The molecule has 1 saturated heterocycles. The molecule has 120 valence electrons. The zero-order valence-corrected chi connectivity index (χ0v) is 13.0. The van der Waals surface area contributed by atoms with Crippen LogP contribution >= 0.6 is 0 Å². The van der Waals surface area contributed by atoms with Crippen LogP contribution in [0.2, 0.25) is 0 Å². The molecule has 22 heavy (non-hydrogen) atoms. The molecule has 1 aliphatic heterocycles. The predicted molar refractivity (Wildman–Crippen MR) is 79.8 cm³/mol. The quantitative estimate of drug-likeness (QED) is 0.846. The zero-order valence-electron chi connectivity index (χ0n) is 13.0. The molecule has 0 spiro atoms. The Balaban J connectivity index is 1.53. The van der Waals surface area contributed by atoms with Gasteiger partial charge in [-0.3, -0.25) is 9.59 Å². The molecule has 1 unspecified atom stereocenters. The van der Waals surface area contributed by atoms with E-state index in [0.29, 0.717) is 13.0 Å². The lowest BCUT2D eigenvalue weighted by Gasteiger charge is -2.34. The van der Waals surface area contributed by atoms with E-state index in [1.807, 2.05) is 11.6 Å². The van der Waals surface area contributed by atoms with Gasteiger partial charge < -0.3 is 14.8 Å². The van der Waals surface area contributed by atoms with Crippen molar-refractivity contribution in [2.75, 3.05) is 13.1 Å². The topological polar surface area (TPSA) is 80.1 Å². The van der Waals surface area contributed by atoms with Crippen LogP contribution in [0.1, 0.15) is 37.9 Å². The third-order valence-electron chi connectivity index (χ3n) is 4.47. The third-order valence-corrected chi connectivity index (χ3v) is 4.47. The molecule has 7 nitrogen and oxygen atoms in total. The van der Waals surface area contributed by atoms with Crippen LogP contribution in [0.25, 0.3) is 0 Å². The molecule has 2 aliphatic rings. The average molecular weight is 305 g/mol. The minimum Gasteiger partial charge on any atom is -0.354 e. The lowest BCUT2D eigenvalue weighted by Crippen LogP contribution is -2.52. The van der Waals surface area contributed by atoms with E-state index < -0.39 is 0 Å². The highest BCUT2D eigenvalue weighted by Crippen LogP contribution is 2.33. The Labute approximate surface area is 130 Å². The maximum absolute atomic E-state index is 12.4. The molecule has 2 heterocycles. The summed E-state index contributed by atoms with van der Waals surface area (Å²) in [5.74, 6) is 1.16. The molecular formula is C15H23N5O2. The minimum atomic E-state index is -0.290. The Bertz CT molecular complexity index is 552. The van der Waals surface area contributed by atoms with Crippen molar-refractivity contribution in [3.63, 3.8) is 0 Å². The Morgan fingerprint density at radius 3 is 2.82 bits per heavy atom. The van der Waals surface area contributed by atoms with Gasteiger partial charge in [-0.05, 0) is 32.1 Å². The summed E-state index contributed by atoms with van der Waals surface area (Å²) in [7, 11) is 1.88. The molecule has 1 aliphatic carbocycles. The van der Waals surface area contributed by atoms with Gasteiger partial charge in [-0.1, -0.05) is 0 Å². The standard InChI is InChI=1S/C15H23N5O2/c1-19-10-17-18-13(19)7-8-16-14(21)12-4-2-3-9-20(12)15(22)11-5-6-11/h10-12H,2-9H2,1H3,(H,16,21).